The third-order valence-corrected chi connectivity index (χ3v) is 2.53. The van der Waals surface area contributed by atoms with Crippen LogP contribution in [0.2, 0.25) is 0 Å². The van der Waals surface area contributed by atoms with Gasteiger partial charge in [-0.15, -0.1) is 0 Å². The molecule has 4 heteroatoms. The Morgan fingerprint density at radius 1 is 1.38 bits per heavy atom. The number of hydrogen-bond donors (Lipinski definition) is 2. The molecule has 0 bridgehead atoms. The highest BCUT2D eigenvalue weighted by molar-refractivity contribution is 5.81. The van der Waals surface area contributed by atoms with Crippen molar-refractivity contribution >= 4 is 16.9 Å². The van der Waals surface area contributed by atoms with Crippen LogP contribution in [0.25, 0.3) is 11.0 Å². The first-order valence-electron chi connectivity index (χ1n) is 5.04. The fourth-order valence-electron chi connectivity index (χ4n) is 1.64. The van der Waals surface area contributed by atoms with Crippen molar-refractivity contribution in [2.75, 3.05) is 0 Å². The molecule has 0 saturated heterocycles. The van der Waals surface area contributed by atoms with E-state index in [1.54, 1.807) is 6.26 Å². The fraction of sp³-hybridized carbons (Fsp3) is 0.250. The summed E-state index contributed by atoms with van der Waals surface area (Å²) >= 11 is 0. The monoisotopic (exact) mass is 220 g/mol. The molecule has 0 amide bonds. The van der Waals surface area contributed by atoms with Crippen LogP contribution in [0.3, 0.4) is 0 Å². The number of carboxylic acids is 1. The minimum atomic E-state index is -1.31. The molecule has 0 spiro atoms. The number of hydrogen-bond acceptors (Lipinski definition) is 3. The number of carbonyl (C=O) groups is 1. The molecule has 1 unspecified atom stereocenters. The Balaban J connectivity index is 2.13. The van der Waals surface area contributed by atoms with Gasteiger partial charge in [-0.2, -0.15) is 0 Å². The minimum absolute atomic E-state index is 0.193. The first-order chi connectivity index (χ1) is 7.68. The van der Waals surface area contributed by atoms with E-state index in [-0.39, 0.29) is 6.42 Å². The van der Waals surface area contributed by atoms with Crippen molar-refractivity contribution in [1.29, 1.82) is 0 Å². The normalized spacial score (nSPS) is 12.8. The molecule has 1 aromatic heterocycles. The molecule has 0 aliphatic heterocycles. The number of aliphatic carboxylic acids is 1. The highest BCUT2D eigenvalue weighted by Gasteiger charge is 2.14. The van der Waals surface area contributed by atoms with Gasteiger partial charge in [-0.3, -0.25) is 0 Å². The zero-order chi connectivity index (χ0) is 11.5. The van der Waals surface area contributed by atoms with Crippen LogP contribution in [0, 0.1) is 0 Å². The molecule has 1 aromatic carbocycles. The van der Waals surface area contributed by atoms with E-state index in [1.165, 1.54) is 0 Å². The molecule has 0 aliphatic carbocycles. The maximum atomic E-state index is 10.4. The molecule has 1 heterocycles. The Labute approximate surface area is 92.1 Å². The third-order valence-electron chi connectivity index (χ3n) is 2.53. The Hall–Kier alpha value is -1.81. The van der Waals surface area contributed by atoms with E-state index in [1.807, 2.05) is 24.3 Å². The zero-order valence-electron chi connectivity index (χ0n) is 8.59. The van der Waals surface area contributed by atoms with E-state index in [0.29, 0.717) is 6.42 Å². The molecular weight excluding hydrogens is 208 g/mol. The summed E-state index contributed by atoms with van der Waals surface area (Å²) in [6.07, 6.45) is 0.983. The number of para-hydroxylation sites is 1. The van der Waals surface area contributed by atoms with Crippen molar-refractivity contribution in [3.63, 3.8) is 0 Å². The van der Waals surface area contributed by atoms with Gasteiger partial charge in [0.25, 0.3) is 0 Å². The molecule has 0 saturated carbocycles. The second-order valence-corrected chi connectivity index (χ2v) is 3.65. The first-order valence-corrected chi connectivity index (χ1v) is 5.04. The van der Waals surface area contributed by atoms with Crippen molar-refractivity contribution in [2.24, 2.45) is 0 Å². The highest BCUT2D eigenvalue weighted by Crippen LogP contribution is 2.22. The number of fused-ring (bicyclic) bond motifs is 1. The Bertz CT molecular complexity index is 500. The lowest BCUT2D eigenvalue weighted by Gasteiger charge is -2.03. The summed E-state index contributed by atoms with van der Waals surface area (Å²) in [7, 11) is 0. The van der Waals surface area contributed by atoms with Gasteiger partial charge < -0.3 is 14.6 Å². The summed E-state index contributed by atoms with van der Waals surface area (Å²) in [6, 6.07) is 7.55. The number of aliphatic hydroxyl groups is 1. The van der Waals surface area contributed by atoms with Crippen molar-refractivity contribution in [3.05, 3.63) is 36.1 Å². The van der Waals surface area contributed by atoms with Gasteiger partial charge in [-0.25, -0.2) is 4.79 Å². The van der Waals surface area contributed by atoms with Gasteiger partial charge in [-0.05, 0) is 24.5 Å². The smallest absolute Gasteiger partial charge is 0.332 e. The van der Waals surface area contributed by atoms with Gasteiger partial charge in [0, 0.05) is 5.39 Å². The molecule has 2 aromatic rings. The second kappa shape index (κ2) is 4.37. The third kappa shape index (κ3) is 2.06. The van der Waals surface area contributed by atoms with Gasteiger partial charge >= 0.3 is 5.97 Å². The van der Waals surface area contributed by atoms with E-state index in [9.17, 15) is 4.79 Å². The first kappa shape index (κ1) is 10.7. The van der Waals surface area contributed by atoms with Crippen LogP contribution in [0.4, 0.5) is 0 Å². The summed E-state index contributed by atoms with van der Waals surface area (Å²) in [5.74, 6) is -1.19. The molecule has 84 valence electrons. The summed E-state index contributed by atoms with van der Waals surface area (Å²) in [4.78, 5) is 10.4. The lowest BCUT2D eigenvalue weighted by Crippen LogP contribution is -2.19. The minimum Gasteiger partial charge on any atom is -0.479 e. The van der Waals surface area contributed by atoms with Crippen molar-refractivity contribution in [2.45, 2.75) is 18.9 Å². The van der Waals surface area contributed by atoms with Crippen LogP contribution in [0.15, 0.2) is 34.9 Å². The highest BCUT2D eigenvalue weighted by atomic mass is 16.4. The molecular formula is C12H12O4. The predicted molar refractivity (Wildman–Crippen MR) is 58.2 cm³/mol. The molecule has 0 aliphatic rings. The molecule has 2 N–H and O–H groups in total. The fourth-order valence-corrected chi connectivity index (χ4v) is 1.64. The summed E-state index contributed by atoms with van der Waals surface area (Å²) < 4.78 is 5.31. The van der Waals surface area contributed by atoms with E-state index in [0.717, 1.165) is 16.5 Å². The number of aryl methyl sites for hydroxylation is 1. The lowest BCUT2D eigenvalue weighted by atomic mass is 10.1. The van der Waals surface area contributed by atoms with E-state index in [4.69, 9.17) is 14.6 Å². The Morgan fingerprint density at radius 2 is 2.12 bits per heavy atom. The second-order valence-electron chi connectivity index (χ2n) is 3.65. The molecule has 16 heavy (non-hydrogen) atoms. The molecule has 0 radical (unpaired) electrons. The average Bonchev–Trinajstić information content (AvgIpc) is 2.69. The average molecular weight is 220 g/mol. The molecule has 1 atom stereocenters. The van der Waals surface area contributed by atoms with Crippen molar-refractivity contribution < 1.29 is 19.4 Å². The maximum Gasteiger partial charge on any atom is 0.332 e. The molecule has 0 fully saturated rings. The van der Waals surface area contributed by atoms with E-state index >= 15 is 0 Å². The van der Waals surface area contributed by atoms with Crippen molar-refractivity contribution in [3.8, 4) is 0 Å². The van der Waals surface area contributed by atoms with Crippen LogP contribution in [-0.4, -0.2) is 22.3 Å². The van der Waals surface area contributed by atoms with Crippen LogP contribution >= 0.6 is 0 Å². The van der Waals surface area contributed by atoms with Gasteiger partial charge in [0.15, 0.2) is 6.10 Å². The summed E-state index contributed by atoms with van der Waals surface area (Å²) in [5, 5.41) is 18.7. The number of benzene rings is 1. The Kier molecular flexibility index (Phi) is 2.92. The lowest BCUT2D eigenvalue weighted by molar-refractivity contribution is -0.146. The van der Waals surface area contributed by atoms with Crippen LogP contribution in [0.5, 0.6) is 0 Å². The zero-order valence-corrected chi connectivity index (χ0v) is 8.59. The maximum absolute atomic E-state index is 10.4. The van der Waals surface area contributed by atoms with Crippen LogP contribution in [-0.2, 0) is 11.2 Å². The van der Waals surface area contributed by atoms with Crippen LogP contribution < -0.4 is 0 Å². The summed E-state index contributed by atoms with van der Waals surface area (Å²) in [6.45, 7) is 0. The quantitative estimate of drug-likeness (QED) is 0.824. The number of furan rings is 1. The van der Waals surface area contributed by atoms with Gasteiger partial charge in [-0.1, -0.05) is 18.2 Å². The number of rotatable bonds is 4. The number of aliphatic hydroxyl groups excluding tert-OH is 1. The topological polar surface area (TPSA) is 70.7 Å². The predicted octanol–water partition coefficient (Wildman–Crippen LogP) is 1.81. The van der Waals surface area contributed by atoms with E-state index in [2.05, 4.69) is 0 Å². The van der Waals surface area contributed by atoms with Gasteiger partial charge in [0.1, 0.15) is 5.58 Å². The standard InChI is InChI=1S/C12H12O4/c13-10(12(14)15)6-5-8-7-16-11-4-2-1-3-9(8)11/h1-4,7,10,13H,5-6H2,(H,14,15). The SMILES string of the molecule is O=C(O)C(O)CCc1coc2ccccc12. The molecule has 2 rings (SSSR count). The molecule has 4 nitrogen and oxygen atoms in total. The Morgan fingerprint density at radius 3 is 2.88 bits per heavy atom. The van der Waals surface area contributed by atoms with Crippen LogP contribution in [0.1, 0.15) is 12.0 Å². The van der Waals surface area contributed by atoms with Crippen molar-refractivity contribution in [1.82, 2.24) is 0 Å². The largest absolute Gasteiger partial charge is 0.479 e. The number of carboxylic acid groups (broad SMARTS) is 1. The van der Waals surface area contributed by atoms with Gasteiger partial charge in [0.2, 0.25) is 0 Å². The summed E-state index contributed by atoms with van der Waals surface area (Å²) in [5.41, 5.74) is 1.71. The van der Waals surface area contributed by atoms with Gasteiger partial charge in [0.05, 0.1) is 6.26 Å². The van der Waals surface area contributed by atoms with E-state index < -0.39 is 12.1 Å².